The summed E-state index contributed by atoms with van der Waals surface area (Å²) in [5.74, 6) is 1.23. The highest BCUT2D eigenvalue weighted by Gasteiger charge is 2.36. The molecule has 2 saturated heterocycles. The molecule has 0 saturated carbocycles. The molecule has 0 spiro atoms. The molecule has 1 N–H and O–H groups in total. The van der Waals surface area contributed by atoms with E-state index >= 15 is 0 Å². The zero-order chi connectivity index (χ0) is 21.3. The third-order valence-corrected chi connectivity index (χ3v) is 6.43. The van der Waals surface area contributed by atoms with Crippen molar-refractivity contribution < 1.29 is 4.74 Å². The molecule has 2 aliphatic rings. The highest BCUT2D eigenvalue weighted by atomic mass is 16.5. The van der Waals surface area contributed by atoms with Gasteiger partial charge in [-0.15, -0.1) is 5.10 Å². The Bertz CT molecular complexity index is 1020. The van der Waals surface area contributed by atoms with Gasteiger partial charge >= 0.3 is 0 Å². The minimum absolute atomic E-state index is 0.365. The number of piperidine rings is 1. The molecule has 0 amide bonds. The predicted molar refractivity (Wildman–Crippen MR) is 123 cm³/mol. The molecule has 5 rings (SSSR count). The maximum absolute atomic E-state index is 5.43. The number of hydrogen-bond donors (Lipinski definition) is 1. The van der Waals surface area contributed by atoms with Gasteiger partial charge in [0.2, 0.25) is 5.95 Å². The Morgan fingerprint density at radius 3 is 2.58 bits per heavy atom. The molecule has 2 fully saturated rings. The molecule has 6 heteroatoms. The fourth-order valence-electron chi connectivity index (χ4n) is 4.78. The zero-order valence-electron chi connectivity index (χ0n) is 18.4. The maximum Gasteiger partial charge on any atom is 0.246 e. The van der Waals surface area contributed by atoms with Gasteiger partial charge in [0.1, 0.15) is 6.33 Å². The molecule has 31 heavy (non-hydrogen) atoms. The molecule has 0 aliphatic carbocycles. The van der Waals surface area contributed by atoms with Gasteiger partial charge in [-0.05, 0) is 74.2 Å². The number of benzene rings is 2. The fourth-order valence-corrected chi connectivity index (χ4v) is 4.78. The molecule has 1 aromatic heterocycles. The van der Waals surface area contributed by atoms with Crippen LogP contribution in [-0.4, -0.2) is 52.5 Å². The lowest BCUT2D eigenvalue weighted by Crippen LogP contribution is -2.50. The van der Waals surface area contributed by atoms with Crippen molar-refractivity contribution in [2.75, 3.05) is 38.2 Å². The van der Waals surface area contributed by atoms with E-state index in [0.717, 1.165) is 31.1 Å². The second-order valence-electron chi connectivity index (χ2n) is 9.46. The number of para-hydroxylation sites is 1. The first-order valence-electron chi connectivity index (χ1n) is 11.2. The number of likely N-dealkylation sites (tertiary alicyclic amines) is 1. The molecule has 0 unspecified atom stereocenters. The van der Waals surface area contributed by atoms with E-state index in [-0.39, 0.29) is 0 Å². The van der Waals surface area contributed by atoms with Gasteiger partial charge in [0.05, 0.1) is 18.9 Å². The standard InChI is InChI=1S/C25H31N5O/c1-19-12-21(20-8-10-29(11-9-20)15-25(2)16-31-17-25)14-22(13-19)27-24-26-18-30(28-24)23-6-4-3-5-7-23/h3-7,12-14,18,20H,8-11,15-17H2,1-2H3,(H,27,28). The first-order valence-corrected chi connectivity index (χ1v) is 11.2. The molecule has 2 aliphatic heterocycles. The van der Waals surface area contributed by atoms with Crippen molar-refractivity contribution in [3.63, 3.8) is 0 Å². The second kappa shape index (κ2) is 8.44. The molecule has 3 heterocycles. The van der Waals surface area contributed by atoms with E-state index in [1.807, 2.05) is 30.3 Å². The number of hydrogen-bond acceptors (Lipinski definition) is 5. The van der Waals surface area contributed by atoms with Crippen LogP contribution in [0.2, 0.25) is 0 Å². The number of ether oxygens (including phenoxy) is 1. The monoisotopic (exact) mass is 417 g/mol. The van der Waals surface area contributed by atoms with E-state index < -0.39 is 0 Å². The summed E-state index contributed by atoms with van der Waals surface area (Å²) in [6, 6.07) is 16.8. The lowest BCUT2D eigenvalue weighted by molar-refractivity contribution is -0.116. The summed E-state index contributed by atoms with van der Waals surface area (Å²) in [5, 5.41) is 7.98. The van der Waals surface area contributed by atoms with Crippen molar-refractivity contribution in [3.05, 3.63) is 66.0 Å². The van der Waals surface area contributed by atoms with Crippen LogP contribution in [0.5, 0.6) is 0 Å². The van der Waals surface area contributed by atoms with Crippen molar-refractivity contribution in [1.82, 2.24) is 19.7 Å². The normalized spacial score (nSPS) is 19.2. The van der Waals surface area contributed by atoms with Crippen molar-refractivity contribution in [1.29, 1.82) is 0 Å². The Labute approximate surface area is 184 Å². The lowest BCUT2D eigenvalue weighted by Gasteiger charge is -2.43. The van der Waals surface area contributed by atoms with Gasteiger partial charge in [-0.3, -0.25) is 0 Å². The van der Waals surface area contributed by atoms with E-state index in [2.05, 4.69) is 52.3 Å². The number of aromatic nitrogens is 3. The highest BCUT2D eigenvalue weighted by Crippen LogP contribution is 2.34. The average Bonchev–Trinajstić information content (AvgIpc) is 3.22. The van der Waals surface area contributed by atoms with Crippen molar-refractivity contribution in [2.24, 2.45) is 5.41 Å². The van der Waals surface area contributed by atoms with Gasteiger partial charge in [-0.2, -0.15) is 4.98 Å². The Morgan fingerprint density at radius 2 is 1.87 bits per heavy atom. The topological polar surface area (TPSA) is 55.2 Å². The van der Waals surface area contributed by atoms with Gasteiger partial charge in [0.25, 0.3) is 0 Å². The summed E-state index contributed by atoms with van der Waals surface area (Å²) in [6.07, 6.45) is 4.17. The average molecular weight is 418 g/mol. The number of nitrogens with zero attached hydrogens (tertiary/aromatic N) is 4. The predicted octanol–water partition coefficient (Wildman–Crippen LogP) is 4.54. The molecule has 0 radical (unpaired) electrons. The van der Waals surface area contributed by atoms with Crippen LogP contribution < -0.4 is 5.32 Å². The number of aryl methyl sites for hydroxylation is 1. The van der Waals surface area contributed by atoms with E-state index in [4.69, 9.17) is 4.74 Å². The number of rotatable bonds is 6. The lowest BCUT2D eigenvalue weighted by atomic mass is 9.85. The Hall–Kier alpha value is -2.70. The van der Waals surface area contributed by atoms with Crippen LogP contribution in [0.25, 0.3) is 5.69 Å². The van der Waals surface area contributed by atoms with E-state index in [9.17, 15) is 0 Å². The summed E-state index contributed by atoms with van der Waals surface area (Å²) in [5.41, 5.74) is 5.11. The zero-order valence-corrected chi connectivity index (χ0v) is 18.4. The summed E-state index contributed by atoms with van der Waals surface area (Å²) in [6.45, 7) is 9.82. The minimum Gasteiger partial charge on any atom is -0.380 e. The molecule has 3 aromatic rings. The van der Waals surface area contributed by atoms with Crippen LogP contribution in [0.4, 0.5) is 11.6 Å². The third-order valence-electron chi connectivity index (χ3n) is 6.43. The molecule has 2 aromatic carbocycles. The van der Waals surface area contributed by atoms with Gasteiger partial charge in [-0.25, -0.2) is 4.68 Å². The van der Waals surface area contributed by atoms with E-state index in [1.54, 1.807) is 11.0 Å². The molecule has 162 valence electrons. The fraction of sp³-hybridized carbons (Fsp3) is 0.440. The van der Waals surface area contributed by atoms with E-state index in [1.165, 1.54) is 37.1 Å². The molecule has 6 nitrogen and oxygen atoms in total. The van der Waals surface area contributed by atoms with Crippen molar-refractivity contribution in [3.8, 4) is 5.69 Å². The van der Waals surface area contributed by atoms with Crippen LogP contribution in [-0.2, 0) is 4.74 Å². The van der Waals surface area contributed by atoms with Gasteiger partial charge in [-0.1, -0.05) is 31.2 Å². The maximum atomic E-state index is 5.43. The van der Waals surface area contributed by atoms with E-state index in [0.29, 0.717) is 17.3 Å². The van der Waals surface area contributed by atoms with Crippen LogP contribution in [0.3, 0.4) is 0 Å². The highest BCUT2D eigenvalue weighted by molar-refractivity contribution is 5.56. The largest absolute Gasteiger partial charge is 0.380 e. The van der Waals surface area contributed by atoms with Crippen LogP contribution in [0.15, 0.2) is 54.9 Å². The molecule has 0 atom stereocenters. The Kier molecular flexibility index (Phi) is 5.50. The van der Waals surface area contributed by atoms with Crippen LogP contribution >= 0.6 is 0 Å². The quantitative estimate of drug-likeness (QED) is 0.638. The van der Waals surface area contributed by atoms with Crippen LogP contribution in [0, 0.1) is 12.3 Å². The SMILES string of the molecule is Cc1cc(Nc2ncn(-c3ccccc3)n2)cc(C2CCN(CC3(C)COC3)CC2)c1. The Balaban J connectivity index is 1.24. The van der Waals surface area contributed by atoms with Gasteiger partial charge < -0.3 is 15.0 Å². The Morgan fingerprint density at radius 1 is 1.10 bits per heavy atom. The molecule has 0 bridgehead atoms. The second-order valence-corrected chi connectivity index (χ2v) is 9.46. The first-order chi connectivity index (χ1) is 15.1. The minimum atomic E-state index is 0.365. The summed E-state index contributed by atoms with van der Waals surface area (Å²) >= 11 is 0. The molecular formula is C25H31N5O. The van der Waals surface area contributed by atoms with Crippen LogP contribution in [0.1, 0.15) is 36.8 Å². The summed E-state index contributed by atoms with van der Waals surface area (Å²) in [7, 11) is 0. The number of nitrogens with one attached hydrogen (secondary N) is 1. The third kappa shape index (κ3) is 4.65. The summed E-state index contributed by atoms with van der Waals surface area (Å²) in [4.78, 5) is 7.06. The first kappa shape index (κ1) is 20.2. The summed E-state index contributed by atoms with van der Waals surface area (Å²) < 4.78 is 7.22. The van der Waals surface area contributed by atoms with Crippen molar-refractivity contribution in [2.45, 2.75) is 32.6 Å². The number of anilines is 2. The van der Waals surface area contributed by atoms with Crippen molar-refractivity contribution >= 4 is 11.6 Å². The molecular weight excluding hydrogens is 386 g/mol. The van der Waals surface area contributed by atoms with Gasteiger partial charge in [0, 0.05) is 17.6 Å². The smallest absolute Gasteiger partial charge is 0.246 e. The van der Waals surface area contributed by atoms with Gasteiger partial charge in [0.15, 0.2) is 0 Å².